The van der Waals surface area contributed by atoms with E-state index in [9.17, 15) is 22.0 Å². The highest BCUT2D eigenvalue weighted by atomic mass is 19.4. The molecule has 1 aromatic heterocycles. The molecule has 0 aliphatic heterocycles. The molecule has 1 heterocycles. The van der Waals surface area contributed by atoms with Gasteiger partial charge in [0.25, 0.3) is 0 Å². The van der Waals surface area contributed by atoms with E-state index in [0.29, 0.717) is 5.52 Å². The van der Waals surface area contributed by atoms with Gasteiger partial charge in [-0.25, -0.2) is 8.78 Å². The molecule has 2 aromatic carbocycles. The van der Waals surface area contributed by atoms with E-state index in [4.69, 9.17) is 5.73 Å². The molecule has 0 saturated carbocycles. The second-order valence-electron chi connectivity index (χ2n) is 5.38. The number of fused-ring (bicyclic) bond motifs is 1. The molecule has 0 fully saturated rings. The number of benzene rings is 2. The lowest BCUT2D eigenvalue weighted by atomic mass is 10.0. The van der Waals surface area contributed by atoms with Gasteiger partial charge in [0, 0.05) is 12.6 Å². The van der Waals surface area contributed by atoms with E-state index < -0.39 is 30.2 Å². The molecule has 132 valence electrons. The van der Waals surface area contributed by atoms with Crippen LogP contribution in [0.15, 0.2) is 30.3 Å². The Labute approximate surface area is 138 Å². The first-order valence-electron chi connectivity index (χ1n) is 7.07. The predicted molar refractivity (Wildman–Crippen MR) is 82.0 cm³/mol. The number of anilines is 1. The van der Waals surface area contributed by atoms with Crippen molar-refractivity contribution in [3.63, 3.8) is 0 Å². The van der Waals surface area contributed by atoms with Gasteiger partial charge in [0.05, 0.1) is 10.9 Å². The van der Waals surface area contributed by atoms with Gasteiger partial charge in [0.15, 0.2) is 24.0 Å². The molecule has 0 unspecified atom stereocenters. The van der Waals surface area contributed by atoms with Crippen LogP contribution in [-0.4, -0.2) is 22.6 Å². The maximum Gasteiger partial charge on any atom is 0.422 e. The van der Waals surface area contributed by atoms with Crippen LogP contribution in [-0.2, 0) is 7.05 Å². The number of aryl methyl sites for hydroxylation is 1. The van der Waals surface area contributed by atoms with Crippen molar-refractivity contribution < 1.29 is 26.7 Å². The van der Waals surface area contributed by atoms with Gasteiger partial charge in [0.1, 0.15) is 5.82 Å². The van der Waals surface area contributed by atoms with E-state index in [2.05, 4.69) is 9.84 Å². The monoisotopic (exact) mass is 357 g/mol. The average molecular weight is 357 g/mol. The first-order valence-corrected chi connectivity index (χ1v) is 7.07. The number of hydrogen-bond donors (Lipinski definition) is 1. The van der Waals surface area contributed by atoms with Gasteiger partial charge in [0.2, 0.25) is 0 Å². The summed E-state index contributed by atoms with van der Waals surface area (Å²) in [5.41, 5.74) is 6.09. The fraction of sp³-hybridized carbons (Fsp3) is 0.188. The van der Waals surface area contributed by atoms with Crippen molar-refractivity contribution in [2.75, 3.05) is 12.3 Å². The summed E-state index contributed by atoms with van der Waals surface area (Å²) in [6, 6.07) is 6.11. The Bertz CT molecular complexity index is 949. The second-order valence-corrected chi connectivity index (χ2v) is 5.38. The zero-order chi connectivity index (χ0) is 18.4. The Balaban J connectivity index is 2.15. The van der Waals surface area contributed by atoms with Crippen molar-refractivity contribution in [1.82, 2.24) is 9.78 Å². The zero-order valence-corrected chi connectivity index (χ0v) is 12.9. The van der Waals surface area contributed by atoms with Crippen LogP contribution in [0.3, 0.4) is 0 Å². The molecule has 0 spiro atoms. The summed E-state index contributed by atoms with van der Waals surface area (Å²) < 4.78 is 71.5. The van der Waals surface area contributed by atoms with E-state index in [1.54, 1.807) is 0 Å². The minimum absolute atomic E-state index is 0.00942. The maximum atomic E-state index is 14.4. The predicted octanol–water partition coefficient (Wildman–Crippen LogP) is 4.04. The number of ether oxygens (including phenoxy) is 1. The number of aromatic nitrogens is 2. The maximum absolute atomic E-state index is 14.4. The van der Waals surface area contributed by atoms with Crippen LogP contribution in [0, 0.1) is 11.6 Å². The third-order valence-electron chi connectivity index (χ3n) is 3.59. The summed E-state index contributed by atoms with van der Waals surface area (Å²) in [4.78, 5) is 0. The summed E-state index contributed by atoms with van der Waals surface area (Å²) >= 11 is 0. The van der Waals surface area contributed by atoms with Crippen molar-refractivity contribution in [2.24, 2.45) is 7.05 Å². The smallest absolute Gasteiger partial charge is 0.422 e. The van der Waals surface area contributed by atoms with Gasteiger partial charge in [-0.2, -0.15) is 18.3 Å². The van der Waals surface area contributed by atoms with Crippen molar-refractivity contribution in [1.29, 1.82) is 0 Å². The molecule has 9 heteroatoms. The lowest BCUT2D eigenvalue weighted by Crippen LogP contribution is -2.20. The lowest BCUT2D eigenvalue weighted by Gasteiger charge is -2.14. The third kappa shape index (κ3) is 3.21. The zero-order valence-electron chi connectivity index (χ0n) is 12.9. The van der Waals surface area contributed by atoms with Crippen LogP contribution in [0.2, 0.25) is 0 Å². The van der Waals surface area contributed by atoms with Gasteiger partial charge >= 0.3 is 6.18 Å². The van der Waals surface area contributed by atoms with Crippen molar-refractivity contribution >= 4 is 16.7 Å². The number of nitrogens with two attached hydrogens (primary N) is 1. The molecule has 0 aliphatic carbocycles. The number of para-hydroxylation sites is 1. The number of halogens is 5. The van der Waals surface area contributed by atoms with Crippen LogP contribution < -0.4 is 10.5 Å². The van der Waals surface area contributed by atoms with Crippen LogP contribution >= 0.6 is 0 Å². The second kappa shape index (κ2) is 5.91. The standard InChI is InChI=1S/C16H12F5N3O/c1-24-12-6-8(5-11(18)13(12)15(22)23-24)9-3-2-4-10(17)14(9)25-7-16(19,20)21/h2-6H,7H2,1H3,(H2,22,23). The summed E-state index contributed by atoms with van der Waals surface area (Å²) in [5, 5.41) is 3.98. The number of rotatable bonds is 3. The minimum atomic E-state index is -4.63. The fourth-order valence-corrected chi connectivity index (χ4v) is 2.56. The minimum Gasteiger partial charge on any atom is -0.480 e. The summed E-state index contributed by atoms with van der Waals surface area (Å²) in [7, 11) is 1.54. The molecule has 0 bridgehead atoms. The quantitative estimate of drug-likeness (QED) is 0.720. The first kappa shape index (κ1) is 17.0. The summed E-state index contributed by atoms with van der Waals surface area (Å²) in [5.74, 6) is -2.32. The molecule has 0 amide bonds. The van der Waals surface area contributed by atoms with Crippen LogP contribution in [0.1, 0.15) is 0 Å². The fourth-order valence-electron chi connectivity index (χ4n) is 2.56. The van der Waals surface area contributed by atoms with Gasteiger partial charge < -0.3 is 10.5 Å². The highest BCUT2D eigenvalue weighted by Crippen LogP contribution is 2.36. The van der Waals surface area contributed by atoms with Crippen molar-refractivity contribution in [3.05, 3.63) is 42.0 Å². The van der Waals surface area contributed by atoms with E-state index in [1.807, 2.05) is 0 Å². The highest BCUT2D eigenvalue weighted by Gasteiger charge is 2.29. The van der Waals surface area contributed by atoms with Crippen LogP contribution in [0.4, 0.5) is 27.8 Å². The lowest BCUT2D eigenvalue weighted by molar-refractivity contribution is -0.153. The number of nitrogen functional groups attached to an aromatic ring is 1. The largest absolute Gasteiger partial charge is 0.480 e. The molecular weight excluding hydrogens is 345 g/mol. The number of alkyl halides is 3. The molecule has 3 rings (SSSR count). The van der Waals surface area contributed by atoms with E-state index in [1.165, 1.54) is 29.9 Å². The van der Waals surface area contributed by atoms with Crippen LogP contribution in [0.5, 0.6) is 5.75 Å². The molecule has 0 atom stereocenters. The number of hydrogen-bond acceptors (Lipinski definition) is 3. The Hall–Kier alpha value is -2.84. The van der Waals surface area contributed by atoms with Gasteiger partial charge in [-0.1, -0.05) is 12.1 Å². The van der Waals surface area contributed by atoms with E-state index in [0.717, 1.165) is 12.1 Å². The molecule has 25 heavy (non-hydrogen) atoms. The van der Waals surface area contributed by atoms with Crippen LogP contribution in [0.25, 0.3) is 22.0 Å². The van der Waals surface area contributed by atoms with Gasteiger partial charge in [-0.3, -0.25) is 4.68 Å². The molecular formula is C16H12F5N3O. The molecule has 0 radical (unpaired) electrons. The van der Waals surface area contributed by atoms with Crippen molar-refractivity contribution in [3.8, 4) is 16.9 Å². The molecule has 2 N–H and O–H groups in total. The normalized spacial score (nSPS) is 11.9. The van der Waals surface area contributed by atoms with E-state index >= 15 is 0 Å². The highest BCUT2D eigenvalue weighted by molar-refractivity contribution is 5.93. The Morgan fingerprint density at radius 3 is 2.56 bits per heavy atom. The van der Waals surface area contributed by atoms with Crippen molar-refractivity contribution in [2.45, 2.75) is 6.18 Å². The molecule has 3 aromatic rings. The summed E-state index contributed by atoms with van der Waals surface area (Å²) in [6.07, 6.45) is -4.63. The third-order valence-corrected chi connectivity index (χ3v) is 3.59. The SMILES string of the molecule is Cn1nc(N)c2c(F)cc(-c3cccc(F)c3OCC(F)(F)F)cc21. The topological polar surface area (TPSA) is 53.1 Å². The molecule has 0 aliphatic rings. The summed E-state index contributed by atoms with van der Waals surface area (Å²) in [6.45, 7) is -1.66. The Kier molecular flexibility index (Phi) is 4.02. The van der Waals surface area contributed by atoms with E-state index in [-0.39, 0.29) is 22.3 Å². The Morgan fingerprint density at radius 2 is 1.88 bits per heavy atom. The molecule has 0 saturated heterocycles. The number of nitrogens with zero attached hydrogens (tertiary/aromatic N) is 2. The molecule has 4 nitrogen and oxygen atoms in total. The first-order chi connectivity index (χ1) is 11.7. The Morgan fingerprint density at radius 1 is 1.16 bits per heavy atom. The van der Waals surface area contributed by atoms with Gasteiger partial charge in [-0.05, 0) is 23.8 Å². The van der Waals surface area contributed by atoms with Gasteiger partial charge in [-0.15, -0.1) is 0 Å². The average Bonchev–Trinajstić information content (AvgIpc) is 2.80.